The van der Waals surface area contributed by atoms with E-state index in [-0.39, 0.29) is 19.0 Å². The molecule has 0 spiro atoms. The summed E-state index contributed by atoms with van der Waals surface area (Å²) < 4.78 is 0. The Morgan fingerprint density at radius 2 is 1.10 bits per heavy atom. The van der Waals surface area contributed by atoms with E-state index in [1.54, 1.807) is 0 Å². The van der Waals surface area contributed by atoms with E-state index >= 15 is 0 Å². The first-order chi connectivity index (χ1) is 14.3. The van der Waals surface area contributed by atoms with Gasteiger partial charge in [0, 0.05) is 58.9 Å². The smallest absolute Gasteiger partial charge is 0.317 e. The molecule has 0 radical (unpaired) electrons. The van der Waals surface area contributed by atoms with Gasteiger partial charge in [-0.25, -0.2) is 0 Å². The maximum absolute atomic E-state index is 12.3. The normalized spacial score (nSPS) is 19.0. The molecule has 1 saturated heterocycles. The van der Waals surface area contributed by atoms with Crippen LogP contribution in [0.5, 0.6) is 0 Å². The van der Waals surface area contributed by atoms with E-state index < -0.39 is 11.9 Å². The number of unbranched alkanes of at least 4 members (excludes halogenated alkanes) is 1. The molecule has 0 aromatic rings. The maximum Gasteiger partial charge on any atom is 0.317 e. The number of likely N-dealkylation sites (N-methyl/N-ethyl adjacent to an activating group) is 1. The quantitative estimate of drug-likeness (QED) is 0.388. The number of amides is 1. The molecule has 30 heavy (non-hydrogen) atoms. The third-order valence-electron chi connectivity index (χ3n) is 5.31. The molecule has 0 aromatic heterocycles. The fourth-order valence-corrected chi connectivity index (χ4v) is 3.42. The summed E-state index contributed by atoms with van der Waals surface area (Å²) in [6.45, 7) is 10.7. The van der Waals surface area contributed by atoms with Gasteiger partial charge in [-0.3, -0.25) is 29.1 Å². The molecule has 1 fully saturated rings. The van der Waals surface area contributed by atoms with Gasteiger partial charge < -0.3 is 20.4 Å². The minimum atomic E-state index is -0.909. The molecule has 0 saturated carbocycles. The van der Waals surface area contributed by atoms with Gasteiger partial charge in [-0.15, -0.1) is 0 Å². The zero-order valence-corrected chi connectivity index (χ0v) is 18.5. The van der Waals surface area contributed by atoms with Gasteiger partial charge in [0.1, 0.15) is 0 Å². The molecule has 1 heterocycles. The molecule has 1 rings (SSSR count). The first kappa shape index (κ1) is 26.3. The number of nitrogens with zero attached hydrogens (tertiary/aromatic N) is 4. The van der Waals surface area contributed by atoms with Crippen molar-refractivity contribution in [1.29, 1.82) is 0 Å². The van der Waals surface area contributed by atoms with Gasteiger partial charge in [0.15, 0.2) is 0 Å². The van der Waals surface area contributed by atoms with Crippen LogP contribution in [0.4, 0.5) is 0 Å². The second kappa shape index (κ2) is 15.1. The minimum absolute atomic E-state index is 0.00369. The molecule has 1 amide bonds. The average Bonchev–Trinajstić information content (AvgIpc) is 2.67. The van der Waals surface area contributed by atoms with Crippen LogP contribution in [0.3, 0.4) is 0 Å². The Bertz CT molecular complexity index is 534. The van der Waals surface area contributed by atoms with Crippen LogP contribution in [-0.2, 0) is 14.4 Å². The van der Waals surface area contributed by atoms with E-state index in [9.17, 15) is 24.6 Å². The van der Waals surface area contributed by atoms with Crippen molar-refractivity contribution >= 4 is 17.8 Å². The van der Waals surface area contributed by atoms with Crippen LogP contribution in [0.1, 0.15) is 26.7 Å². The zero-order valence-electron chi connectivity index (χ0n) is 18.5. The van der Waals surface area contributed by atoms with Crippen LogP contribution in [-0.4, -0.2) is 133 Å². The molecule has 3 N–H and O–H groups in total. The largest absolute Gasteiger partial charge is 0.480 e. The summed E-state index contributed by atoms with van der Waals surface area (Å²) in [6.07, 6.45) is 1.98. The van der Waals surface area contributed by atoms with E-state index in [1.807, 2.05) is 9.80 Å². The molecule has 0 unspecified atom stereocenters. The molecule has 0 bridgehead atoms. The Labute approximate surface area is 179 Å². The van der Waals surface area contributed by atoms with Crippen LogP contribution >= 0.6 is 0 Å². The number of hydrogen-bond acceptors (Lipinski definition) is 7. The topological polar surface area (TPSA) is 117 Å². The highest BCUT2D eigenvalue weighted by atomic mass is 16.4. The highest BCUT2D eigenvalue weighted by Crippen LogP contribution is 2.01. The number of hydrogen-bond donors (Lipinski definition) is 3. The van der Waals surface area contributed by atoms with Gasteiger partial charge in [-0.05, 0) is 13.0 Å². The number of carbonyl (C=O) groups is 3. The van der Waals surface area contributed by atoms with E-state index in [0.717, 1.165) is 32.5 Å². The van der Waals surface area contributed by atoms with Crippen molar-refractivity contribution in [2.24, 2.45) is 0 Å². The lowest BCUT2D eigenvalue weighted by Crippen LogP contribution is -2.49. The Morgan fingerprint density at radius 1 is 0.700 bits per heavy atom. The molecular weight excluding hydrogens is 390 g/mol. The number of carboxylic acids is 2. The van der Waals surface area contributed by atoms with Crippen molar-refractivity contribution in [3.8, 4) is 0 Å². The van der Waals surface area contributed by atoms with Gasteiger partial charge in [-0.2, -0.15) is 0 Å². The molecule has 174 valence electrons. The predicted octanol–water partition coefficient (Wildman–Crippen LogP) is -0.687. The summed E-state index contributed by atoms with van der Waals surface area (Å²) in [6, 6.07) is 0. The van der Waals surface area contributed by atoms with E-state index in [2.05, 4.69) is 29.0 Å². The van der Waals surface area contributed by atoms with Gasteiger partial charge in [0.25, 0.3) is 0 Å². The van der Waals surface area contributed by atoms with Crippen molar-refractivity contribution in [1.82, 2.24) is 24.9 Å². The number of nitrogens with one attached hydrogen (secondary N) is 1. The van der Waals surface area contributed by atoms with Gasteiger partial charge >= 0.3 is 11.9 Å². The molecule has 10 heteroatoms. The molecule has 1 aliphatic heterocycles. The molecule has 10 nitrogen and oxygen atoms in total. The van der Waals surface area contributed by atoms with Crippen LogP contribution in [0.25, 0.3) is 0 Å². The monoisotopic (exact) mass is 429 g/mol. The number of rotatable bonds is 10. The first-order valence-electron chi connectivity index (χ1n) is 10.9. The van der Waals surface area contributed by atoms with E-state index in [4.69, 9.17) is 0 Å². The Balaban J connectivity index is 2.79. The lowest BCUT2D eigenvalue weighted by molar-refractivity contribution is -0.140. The highest BCUT2D eigenvalue weighted by Gasteiger charge is 2.19. The van der Waals surface area contributed by atoms with Crippen molar-refractivity contribution in [2.75, 3.05) is 85.1 Å². The summed E-state index contributed by atoms with van der Waals surface area (Å²) in [7, 11) is 0. The number of carboxylic acid groups (broad SMARTS) is 2. The average molecular weight is 430 g/mol. The standard InChI is InChI=1S/C20H39N5O5/c1-3-5-6-21-18(26)15-23-9-7-22(4-2)8-10-24(16-19(27)28)13-14-25(12-11-23)17-20(29)30/h3-17H2,1-2H3,(H,21,26)(H,27,28)(H,29,30). The van der Waals surface area contributed by atoms with Crippen molar-refractivity contribution < 1.29 is 24.6 Å². The molecule has 0 aromatic carbocycles. The van der Waals surface area contributed by atoms with Crippen LogP contribution < -0.4 is 5.32 Å². The fraction of sp³-hybridized carbons (Fsp3) is 0.850. The lowest BCUT2D eigenvalue weighted by Gasteiger charge is -2.33. The zero-order chi connectivity index (χ0) is 22.4. The summed E-state index contributed by atoms with van der Waals surface area (Å²) in [5, 5.41) is 21.4. The van der Waals surface area contributed by atoms with E-state index in [1.165, 1.54) is 0 Å². The summed E-state index contributed by atoms with van der Waals surface area (Å²) >= 11 is 0. The molecule has 0 atom stereocenters. The Hall–Kier alpha value is -1.75. The Kier molecular flexibility index (Phi) is 13.2. The number of carbonyl (C=O) groups excluding carboxylic acids is 1. The third kappa shape index (κ3) is 12.1. The van der Waals surface area contributed by atoms with E-state index in [0.29, 0.717) is 52.4 Å². The van der Waals surface area contributed by atoms with Gasteiger partial charge in [0.2, 0.25) is 5.91 Å². The first-order valence-corrected chi connectivity index (χ1v) is 10.9. The third-order valence-corrected chi connectivity index (χ3v) is 5.31. The molecular formula is C20H39N5O5. The lowest BCUT2D eigenvalue weighted by atomic mass is 10.3. The van der Waals surface area contributed by atoms with Crippen molar-refractivity contribution in [3.63, 3.8) is 0 Å². The van der Waals surface area contributed by atoms with Crippen LogP contribution in [0.15, 0.2) is 0 Å². The highest BCUT2D eigenvalue weighted by molar-refractivity contribution is 5.78. The van der Waals surface area contributed by atoms with Crippen LogP contribution in [0, 0.1) is 0 Å². The minimum Gasteiger partial charge on any atom is -0.480 e. The second-order valence-electron chi connectivity index (χ2n) is 7.75. The SMILES string of the molecule is CCCCNC(=O)CN1CCN(CC)CCN(CC(=O)O)CCN(CC(=O)O)CC1. The Morgan fingerprint density at radius 3 is 1.47 bits per heavy atom. The molecule has 1 aliphatic rings. The van der Waals surface area contributed by atoms with Gasteiger partial charge in [0.05, 0.1) is 19.6 Å². The van der Waals surface area contributed by atoms with Crippen molar-refractivity contribution in [3.05, 3.63) is 0 Å². The summed E-state index contributed by atoms with van der Waals surface area (Å²) in [5.41, 5.74) is 0. The fourth-order valence-electron chi connectivity index (χ4n) is 3.42. The summed E-state index contributed by atoms with van der Waals surface area (Å²) in [4.78, 5) is 42.7. The molecule has 0 aliphatic carbocycles. The van der Waals surface area contributed by atoms with Crippen molar-refractivity contribution in [2.45, 2.75) is 26.7 Å². The maximum atomic E-state index is 12.3. The van der Waals surface area contributed by atoms with Crippen LogP contribution in [0.2, 0.25) is 0 Å². The summed E-state index contributed by atoms with van der Waals surface area (Å²) in [5.74, 6) is -1.79. The predicted molar refractivity (Wildman–Crippen MR) is 115 cm³/mol. The number of aliphatic carboxylic acids is 2. The second-order valence-corrected chi connectivity index (χ2v) is 7.75. The van der Waals surface area contributed by atoms with Gasteiger partial charge in [-0.1, -0.05) is 20.3 Å².